The highest BCUT2D eigenvalue weighted by Crippen LogP contribution is 2.23. The summed E-state index contributed by atoms with van der Waals surface area (Å²) in [7, 11) is 0. The minimum atomic E-state index is -0.334. The van der Waals surface area contributed by atoms with Crippen LogP contribution in [-0.2, 0) is 4.79 Å². The van der Waals surface area contributed by atoms with Gasteiger partial charge in [0.15, 0.2) is 0 Å². The van der Waals surface area contributed by atoms with Crippen LogP contribution in [0.15, 0.2) is 42.1 Å². The van der Waals surface area contributed by atoms with Gasteiger partial charge in [0.25, 0.3) is 0 Å². The predicted octanol–water partition coefficient (Wildman–Crippen LogP) is 1.19. The van der Waals surface area contributed by atoms with Crippen LogP contribution in [-0.4, -0.2) is 48.5 Å². The van der Waals surface area contributed by atoms with Gasteiger partial charge in [0.2, 0.25) is 5.91 Å². The van der Waals surface area contributed by atoms with E-state index in [1.54, 1.807) is 0 Å². The molecule has 0 radical (unpaired) electrons. The Balaban J connectivity index is 1.70. The van der Waals surface area contributed by atoms with E-state index in [0.29, 0.717) is 12.1 Å². The highest BCUT2D eigenvalue weighted by molar-refractivity contribution is 5.93. The van der Waals surface area contributed by atoms with Crippen LogP contribution in [0.2, 0.25) is 0 Å². The Bertz CT molecular complexity index is 522. The Hall–Kier alpha value is -2.01. The molecule has 2 N–H and O–H groups in total. The van der Waals surface area contributed by atoms with Crippen LogP contribution in [0.3, 0.4) is 0 Å². The number of para-hydroxylation sites is 1. The van der Waals surface area contributed by atoms with Crippen molar-refractivity contribution in [2.75, 3.05) is 37.7 Å². The van der Waals surface area contributed by atoms with Crippen molar-refractivity contribution >= 4 is 11.6 Å². The first-order valence-electron chi connectivity index (χ1n) is 7.56. The molecule has 0 saturated carbocycles. The Kier molecular flexibility index (Phi) is 4.10. The Morgan fingerprint density at radius 2 is 1.81 bits per heavy atom. The second-order valence-electron chi connectivity index (χ2n) is 5.62. The second kappa shape index (κ2) is 6.18. The maximum Gasteiger partial charge on any atom is 0.248 e. The van der Waals surface area contributed by atoms with Gasteiger partial charge in [0.1, 0.15) is 0 Å². The van der Waals surface area contributed by atoms with Gasteiger partial charge in [-0.1, -0.05) is 18.2 Å². The molecule has 21 heavy (non-hydrogen) atoms. The number of hydrogen-bond donors (Lipinski definition) is 1. The third kappa shape index (κ3) is 3.19. The van der Waals surface area contributed by atoms with Crippen molar-refractivity contribution in [3.8, 4) is 0 Å². The first kappa shape index (κ1) is 13.9. The fourth-order valence-electron chi connectivity index (χ4n) is 2.96. The third-order valence-electron chi connectivity index (χ3n) is 4.15. The molecule has 2 heterocycles. The van der Waals surface area contributed by atoms with E-state index in [4.69, 9.17) is 5.73 Å². The van der Waals surface area contributed by atoms with E-state index in [9.17, 15) is 4.79 Å². The smallest absolute Gasteiger partial charge is 0.248 e. The highest BCUT2D eigenvalue weighted by Gasteiger charge is 2.25. The minimum absolute atomic E-state index is 0.334. The van der Waals surface area contributed by atoms with E-state index in [0.717, 1.165) is 18.8 Å². The topological polar surface area (TPSA) is 52.8 Å². The zero-order valence-electron chi connectivity index (χ0n) is 12.2. The Labute approximate surface area is 125 Å². The summed E-state index contributed by atoms with van der Waals surface area (Å²) in [6, 6.07) is 10.1. The summed E-state index contributed by atoms with van der Waals surface area (Å²) < 4.78 is 0. The van der Waals surface area contributed by atoms with Crippen molar-refractivity contribution in [2.24, 2.45) is 5.73 Å². The van der Waals surface area contributed by atoms with E-state index in [-0.39, 0.29) is 5.91 Å². The summed E-state index contributed by atoms with van der Waals surface area (Å²) >= 11 is 0. The van der Waals surface area contributed by atoms with Crippen LogP contribution < -0.4 is 10.7 Å². The molecular weight excluding hydrogens is 264 g/mol. The number of primary amides is 1. The number of amides is 1. The van der Waals surface area contributed by atoms with Gasteiger partial charge < -0.3 is 10.6 Å². The molecule has 112 valence electrons. The molecule has 2 aliphatic rings. The number of likely N-dealkylation sites (tertiary alicyclic amines) is 1. The molecule has 1 amide bonds. The molecule has 0 atom stereocenters. The number of hydrogen-bond acceptors (Lipinski definition) is 4. The molecule has 0 unspecified atom stereocenters. The lowest BCUT2D eigenvalue weighted by atomic mass is 10.2. The molecule has 1 saturated heterocycles. The van der Waals surface area contributed by atoms with E-state index in [1.165, 1.54) is 25.9 Å². The summed E-state index contributed by atoms with van der Waals surface area (Å²) in [5.74, 6) is -0.334. The Morgan fingerprint density at radius 3 is 2.48 bits per heavy atom. The molecule has 0 aromatic heterocycles. The number of nitrogens with zero attached hydrogens (tertiary/aromatic N) is 3. The minimum Gasteiger partial charge on any atom is -0.366 e. The molecular formula is C16H22N4O. The summed E-state index contributed by atoms with van der Waals surface area (Å²) in [6.07, 6.45) is 4.49. The fraction of sp³-hybridized carbons (Fsp3) is 0.438. The second-order valence-corrected chi connectivity index (χ2v) is 5.62. The zero-order valence-corrected chi connectivity index (χ0v) is 12.2. The molecule has 1 aromatic carbocycles. The van der Waals surface area contributed by atoms with Gasteiger partial charge >= 0.3 is 0 Å². The molecule has 2 aliphatic heterocycles. The first-order valence-corrected chi connectivity index (χ1v) is 7.56. The number of rotatable bonds is 5. The van der Waals surface area contributed by atoms with Gasteiger partial charge in [-0.15, -0.1) is 0 Å². The number of nitrogens with two attached hydrogens (primary N) is 1. The van der Waals surface area contributed by atoms with Crippen LogP contribution in [0.5, 0.6) is 0 Å². The lowest BCUT2D eigenvalue weighted by Gasteiger charge is -2.32. The van der Waals surface area contributed by atoms with E-state index in [1.807, 2.05) is 24.4 Å². The third-order valence-corrected chi connectivity index (χ3v) is 4.15. The van der Waals surface area contributed by atoms with Crippen LogP contribution in [0.1, 0.15) is 12.8 Å². The lowest BCUT2D eigenvalue weighted by Crippen LogP contribution is -2.40. The number of anilines is 1. The molecule has 3 rings (SSSR count). The monoisotopic (exact) mass is 286 g/mol. The van der Waals surface area contributed by atoms with Crippen molar-refractivity contribution in [1.29, 1.82) is 0 Å². The van der Waals surface area contributed by atoms with Gasteiger partial charge in [-0.05, 0) is 38.1 Å². The Morgan fingerprint density at radius 1 is 1.10 bits per heavy atom. The van der Waals surface area contributed by atoms with Gasteiger partial charge in [-0.25, -0.2) is 0 Å². The van der Waals surface area contributed by atoms with Gasteiger partial charge in [-0.3, -0.25) is 14.8 Å². The predicted molar refractivity (Wildman–Crippen MR) is 83.4 cm³/mol. The molecule has 0 bridgehead atoms. The average molecular weight is 286 g/mol. The van der Waals surface area contributed by atoms with Gasteiger partial charge in [0, 0.05) is 12.7 Å². The summed E-state index contributed by atoms with van der Waals surface area (Å²) in [5, 5.41) is 4.24. The van der Waals surface area contributed by atoms with Crippen molar-refractivity contribution in [1.82, 2.24) is 9.91 Å². The highest BCUT2D eigenvalue weighted by atomic mass is 16.1. The van der Waals surface area contributed by atoms with Crippen molar-refractivity contribution in [3.63, 3.8) is 0 Å². The van der Waals surface area contributed by atoms with E-state index >= 15 is 0 Å². The molecule has 1 aromatic rings. The molecule has 0 spiro atoms. The number of carbonyl (C=O) groups is 1. The number of hydrazine groups is 1. The molecule has 5 heteroatoms. The average Bonchev–Trinajstić information content (AvgIpc) is 3.15. The van der Waals surface area contributed by atoms with Crippen LogP contribution >= 0.6 is 0 Å². The standard InChI is InChI=1S/C16H22N4O/c17-16(21)14-12-19(11-10-18-8-4-5-9-18)20(13-14)15-6-2-1-3-7-15/h1-3,6-7,12H,4-5,8-11,13H2,(H2,17,21). The van der Waals surface area contributed by atoms with E-state index < -0.39 is 0 Å². The maximum absolute atomic E-state index is 11.5. The SMILES string of the molecule is NC(=O)C1=CN(CCN2CCCC2)N(c2ccccc2)C1. The van der Waals surface area contributed by atoms with Gasteiger partial charge in [0.05, 0.1) is 24.4 Å². The fourth-order valence-corrected chi connectivity index (χ4v) is 2.96. The first-order chi connectivity index (χ1) is 10.2. The van der Waals surface area contributed by atoms with Crippen LogP contribution in [0.25, 0.3) is 0 Å². The van der Waals surface area contributed by atoms with E-state index in [2.05, 4.69) is 27.1 Å². The largest absolute Gasteiger partial charge is 0.366 e. The van der Waals surface area contributed by atoms with Crippen molar-refractivity contribution < 1.29 is 4.79 Å². The number of carbonyl (C=O) groups excluding carboxylic acids is 1. The normalized spacial score (nSPS) is 19.1. The summed E-state index contributed by atoms with van der Waals surface area (Å²) in [4.78, 5) is 13.9. The van der Waals surface area contributed by atoms with Crippen molar-refractivity contribution in [2.45, 2.75) is 12.8 Å². The lowest BCUT2D eigenvalue weighted by molar-refractivity contribution is -0.114. The van der Waals surface area contributed by atoms with Crippen LogP contribution in [0, 0.1) is 0 Å². The molecule has 1 fully saturated rings. The zero-order chi connectivity index (χ0) is 14.7. The summed E-state index contributed by atoms with van der Waals surface area (Å²) in [6.45, 7) is 4.83. The quantitative estimate of drug-likeness (QED) is 0.883. The van der Waals surface area contributed by atoms with Crippen LogP contribution in [0.4, 0.5) is 5.69 Å². The molecule has 0 aliphatic carbocycles. The summed E-state index contributed by atoms with van der Waals surface area (Å²) in [5.41, 5.74) is 7.20. The maximum atomic E-state index is 11.5. The van der Waals surface area contributed by atoms with Gasteiger partial charge in [-0.2, -0.15) is 0 Å². The number of benzene rings is 1. The van der Waals surface area contributed by atoms with Crippen molar-refractivity contribution in [3.05, 3.63) is 42.1 Å². The molecule has 5 nitrogen and oxygen atoms in total.